The van der Waals surface area contributed by atoms with Crippen LogP contribution in [0.3, 0.4) is 0 Å². The van der Waals surface area contributed by atoms with E-state index >= 15 is 0 Å². The minimum Gasteiger partial charge on any atom is -0.494 e. The van der Waals surface area contributed by atoms with Gasteiger partial charge in [0.1, 0.15) is 17.6 Å². The number of carbonyl (C=O) groups is 1. The minimum absolute atomic E-state index is 0. The van der Waals surface area contributed by atoms with Crippen LogP contribution in [0.1, 0.15) is 46.7 Å². The molecule has 4 rings (SSSR count). The molecule has 27 heavy (non-hydrogen) atoms. The van der Waals surface area contributed by atoms with Crippen LogP contribution in [0, 0.1) is 0 Å². The van der Waals surface area contributed by atoms with Gasteiger partial charge in [-0.25, -0.2) is 0 Å². The summed E-state index contributed by atoms with van der Waals surface area (Å²) in [5, 5.41) is 13.4. The molecule has 2 aliphatic rings. The largest absolute Gasteiger partial charge is 0.494 e. The molecule has 3 heterocycles. The predicted octanol–water partition coefficient (Wildman–Crippen LogP) is 2.13. The van der Waals surface area contributed by atoms with Gasteiger partial charge in [-0.3, -0.25) is 9.89 Å². The molecule has 0 fully saturated rings. The van der Waals surface area contributed by atoms with Gasteiger partial charge < -0.3 is 20.1 Å². The Hall–Kier alpha value is -2.25. The summed E-state index contributed by atoms with van der Waals surface area (Å²) < 4.78 is 11.6. The van der Waals surface area contributed by atoms with E-state index in [4.69, 9.17) is 9.47 Å². The Labute approximate surface area is 164 Å². The first kappa shape index (κ1) is 19.5. The second-order valence-corrected chi connectivity index (χ2v) is 6.77. The van der Waals surface area contributed by atoms with Gasteiger partial charge in [-0.05, 0) is 26.0 Å². The van der Waals surface area contributed by atoms with Crippen molar-refractivity contribution in [2.24, 2.45) is 0 Å². The average Bonchev–Trinajstić information content (AvgIpc) is 3.22. The van der Waals surface area contributed by atoms with E-state index in [9.17, 15) is 4.79 Å². The summed E-state index contributed by atoms with van der Waals surface area (Å²) in [6, 6.07) is 4.01. The van der Waals surface area contributed by atoms with Gasteiger partial charge in [0, 0.05) is 54.9 Å². The molecular formula is C19H25ClN4O3. The zero-order valence-electron chi connectivity index (χ0n) is 15.6. The number of halogens is 1. The van der Waals surface area contributed by atoms with E-state index in [0.29, 0.717) is 25.4 Å². The highest BCUT2D eigenvalue weighted by Crippen LogP contribution is 2.35. The Morgan fingerprint density at radius 2 is 2.30 bits per heavy atom. The minimum atomic E-state index is -0.177. The molecule has 7 nitrogen and oxygen atoms in total. The van der Waals surface area contributed by atoms with Gasteiger partial charge in [-0.2, -0.15) is 5.10 Å². The number of nitrogens with one attached hydrogen (secondary N) is 3. The molecule has 146 valence electrons. The molecule has 2 aliphatic heterocycles. The van der Waals surface area contributed by atoms with Crippen molar-refractivity contribution in [1.29, 1.82) is 0 Å². The maximum absolute atomic E-state index is 12.6. The van der Waals surface area contributed by atoms with Gasteiger partial charge in [0.05, 0.1) is 6.61 Å². The van der Waals surface area contributed by atoms with Crippen molar-refractivity contribution >= 4 is 18.3 Å². The van der Waals surface area contributed by atoms with Crippen LogP contribution in [-0.4, -0.2) is 35.4 Å². The quantitative estimate of drug-likeness (QED) is 0.725. The Balaban J connectivity index is 0.00000210. The number of nitrogens with zero attached hydrogens (tertiary/aromatic N) is 1. The molecule has 2 aromatic rings. The molecule has 3 N–H and O–H groups in total. The predicted molar refractivity (Wildman–Crippen MR) is 104 cm³/mol. The molecule has 0 bridgehead atoms. The van der Waals surface area contributed by atoms with Gasteiger partial charge in [0.15, 0.2) is 5.69 Å². The second kappa shape index (κ2) is 8.19. The van der Waals surface area contributed by atoms with Crippen LogP contribution in [0.2, 0.25) is 0 Å². The first-order chi connectivity index (χ1) is 12.7. The third-order valence-electron chi connectivity index (χ3n) is 4.84. The van der Waals surface area contributed by atoms with Gasteiger partial charge >= 0.3 is 0 Å². The molecule has 0 aliphatic carbocycles. The van der Waals surface area contributed by atoms with Crippen molar-refractivity contribution < 1.29 is 14.3 Å². The summed E-state index contributed by atoms with van der Waals surface area (Å²) in [7, 11) is 0. The molecule has 0 saturated carbocycles. The summed E-state index contributed by atoms with van der Waals surface area (Å²) in [6.45, 7) is 6.53. The van der Waals surface area contributed by atoms with Crippen LogP contribution in [-0.2, 0) is 25.9 Å². The Morgan fingerprint density at radius 3 is 3.11 bits per heavy atom. The zero-order chi connectivity index (χ0) is 18.1. The molecule has 1 amide bonds. The lowest BCUT2D eigenvalue weighted by atomic mass is 10.1. The van der Waals surface area contributed by atoms with Gasteiger partial charge in [-0.15, -0.1) is 12.4 Å². The van der Waals surface area contributed by atoms with Gasteiger partial charge in [-0.1, -0.05) is 0 Å². The highest BCUT2D eigenvalue weighted by Gasteiger charge is 2.24. The van der Waals surface area contributed by atoms with E-state index in [-0.39, 0.29) is 24.4 Å². The van der Waals surface area contributed by atoms with Crippen LogP contribution in [0.4, 0.5) is 0 Å². The van der Waals surface area contributed by atoms with Crippen molar-refractivity contribution in [3.8, 4) is 11.5 Å². The zero-order valence-corrected chi connectivity index (χ0v) is 16.4. The fourth-order valence-corrected chi connectivity index (χ4v) is 3.58. The number of fused-ring (bicyclic) bond motifs is 2. The Kier molecular flexibility index (Phi) is 5.92. The molecule has 1 atom stereocenters. The smallest absolute Gasteiger partial charge is 0.272 e. The number of rotatable bonds is 5. The van der Waals surface area contributed by atoms with Crippen LogP contribution in [0.15, 0.2) is 12.1 Å². The van der Waals surface area contributed by atoms with Crippen LogP contribution in [0.25, 0.3) is 0 Å². The molecule has 0 spiro atoms. The van der Waals surface area contributed by atoms with E-state index in [2.05, 4.69) is 27.8 Å². The molecule has 0 saturated heterocycles. The van der Waals surface area contributed by atoms with Gasteiger partial charge in [0.25, 0.3) is 5.91 Å². The van der Waals surface area contributed by atoms with E-state index in [1.165, 1.54) is 0 Å². The Bertz CT molecular complexity index is 837. The number of hydrogen-bond acceptors (Lipinski definition) is 5. The number of amides is 1. The fraction of sp³-hybridized carbons (Fsp3) is 0.474. The van der Waals surface area contributed by atoms with E-state index < -0.39 is 0 Å². The highest BCUT2D eigenvalue weighted by atomic mass is 35.5. The number of carbonyl (C=O) groups excluding carboxylic acids is 1. The number of aromatic nitrogens is 2. The first-order valence-corrected chi connectivity index (χ1v) is 9.16. The summed E-state index contributed by atoms with van der Waals surface area (Å²) >= 11 is 0. The second-order valence-electron chi connectivity index (χ2n) is 6.77. The normalized spacial score (nSPS) is 17.3. The van der Waals surface area contributed by atoms with Crippen molar-refractivity contribution in [2.45, 2.75) is 45.9 Å². The van der Waals surface area contributed by atoms with E-state index in [1.54, 1.807) is 0 Å². The monoisotopic (exact) mass is 392 g/mol. The summed E-state index contributed by atoms with van der Waals surface area (Å²) in [6.07, 6.45) is 1.92. The molecule has 1 aromatic heterocycles. The van der Waals surface area contributed by atoms with Crippen LogP contribution >= 0.6 is 12.4 Å². The fourth-order valence-electron chi connectivity index (χ4n) is 3.58. The summed E-state index contributed by atoms with van der Waals surface area (Å²) in [5.74, 6) is 1.50. The third kappa shape index (κ3) is 3.89. The number of aromatic amines is 1. The van der Waals surface area contributed by atoms with Crippen LogP contribution in [0.5, 0.6) is 11.5 Å². The lowest BCUT2D eigenvalue weighted by Crippen LogP contribution is -2.28. The highest BCUT2D eigenvalue weighted by molar-refractivity contribution is 5.94. The van der Waals surface area contributed by atoms with Crippen LogP contribution < -0.4 is 20.1 Å². The molecule has 0 radical (unpaired) electrons. The average molecular weight is 393 g/mol. The lowest BCUT2D eigenvalue weighted by Gasteiger charge is -2.14. The topological polar surface area (TPSA) is 88.3 Å². The molecule has 1 aromatic carbocycles. The number of ether oxygens (including phenoxy) is 2. The summed E-state index contributed by atoms with van der Waals surface area (Å²) in [4.78, 5) is 12.6. The maximum Gasteiger partial charge on any atom is 0.272 e. The molecular weight excluding hydrogens is 368 g/mol. The molecule has 8 heteroatoms. The Morgan fingerprint density at radius 1 is 1.44 bits per heavy atom. The van der Waals surface area contributed by atoms with E-state index in [1.807, 2.05) is 19.1 Å². The number of hydrogen-bond donors (Lipinski definition) is 3. The lowest BCUT2D eigenvalue weighted by molar-refractivity contribution is 0.0944. The van der Waals surface area contributed by atoms with E-state index in [0.717, 1.165) is 53.3 Å². The standard InChI is InChI=1S/C19H24N4O3.ClH/c1-3-25-16-7-12-6-11(2)26-17(12)8-13(16)9-21-19(24)18-14-10-20-5-4-15(14)22-23-18;/h7-8,11,20H,3-6,9-10H2,1-2H3,(H,21,24)(H,22,23);1H. The third-order valence-corrected chi connectivity index (χ3v) is 4.84. The number of benzene rings is 1. The van der Waals surface area contributed by atoms with Crippen molar-refractivity contribution in [3.63, 3.8) is 0 Å². The van der Waals surface area contributed by atoms with Crippen molar-refractivity contribution in [3.05, 3.63) is 40.2 Å². The van der Waals surface area contributed by atoms with Gasteiger partial charge in [0.2, 0.25) is 0 Å². The summed E-state index contributed by atoms with van der Waals surface area (Å²) in [5.41, 5.74) is 4.55. The first-order valence-electron chi connectivity index (χ1n) is 9.16. The molecule has 1 unspecified atom stereocenters. The van der Waals surface area contributed by atoms with Crippen molar-refractivity contribution in [1.82, 2.24) is 20.8 Å². The van der Waals surface area contributed by atoms with Crippen molar-refractivity contribution in [2.75, 3.05) is 13.2 Å². The SMILES string of the molecule is CCOc1cc2c(cc1CNC(=O)c1n[nH]c3c1CNCC3)OC(C)C2.Cl. The maximum atomic E-state index is 12.6. The number of H-pyrrole nitrogens is 1.